The van der Waals surface area contributed by atoms with Crippen LogP contribution in [0.2, 0.25) is 0 Å². The maximum Gasteiger partial charge on any atom is 0.124 e. The Labute approximate surface area is 126 Å². The molecule has 0 aliphatic rings. The molecule has 20 heavy (non-hydrogen) atoms. The van der Waals surface area contributed by atoms with Gasteiger partial charge in [-0.15, -0.1) is 0 Å². The van der Waals surface area contributed by atoms with E-state index >= 15 is 0 Å². The van der Waals surface area contributed by atoms with E-state index in [9.17, 15) is 4.39 Å². The van der Waals surface area contributed by atoms with Crippen LogP contribution in [0.1, 0.15) is 29.8 Å². The summed E-state index contributed by atoms with van der Waals surface area (Å²) >= 11 is 3.37. The van der Waals surface area contributed by atoms with Gasteiger partial charge in [0.15, 0.2) is 0 Å². The van der Waals surface area contributed by atoms with Crippen molar-refractivity contribution in [1.29, 1.82) is 0 Å². The van der Waals surface area contributed by atoms with Crippen LogP contribution in [-0.4, -0.2) is 4.98 Å². The second-order valence-electron chi connectivity index (χ2n) is 4.60. The average Bonchev–Trinajstić information content (AvgIpc) is 2.46. The lowest BCUT2D eigenvalue weighted by molar-refractivity contribution is 0.541. The predicted octanol–water partition coefficient (Wildman–Crippen LogP) is 3.29. The van der Waals surface area contributed by atoms with Gasteiger partial charge in [-0.25, -0.2) is 4.39 Å². The largest absolute Gasteiger partial charge is 0.271 e. The quantitative estimate of drug-likeness (QED) is 0.650. The minimum absolute atomic E-state index is 0.120. The number of hydrogen-bond acceptors (Lipinski definition) is 3. The summed E-state index contributed by atoms with van der Waals surface area (Å²) in [6.45, 7) is 2.09. The van der Waals surface area contributed by atoms with Crippen LogP contribution in [0.15, 0.2) is 41.0 Å². The van der Waals surface area contributed by atoms with E-state index in [0.29, 0.717) is 10.9 Å². The molecule has 0 spiro atoms. The Morgan fingerprint density at radius 1 is 1.35 bits per heavy atom. The Morgan fingerprint density at radius 2 is 2.15 bits per heavy atom. The SMILES string of the molecule is CCc1ccc(CC(NN)c2ccc(F)cc2Br)nc1. The van der Waals surface area contributed by atoms with E-state index in [1.54, 1.807) is 6.07 Å². The molecular formula is C15H17BrFN3. The van der Waals surface area contributed by atoms with Gasteiger partial charge >= 0.3 is 0 Å². The first-order chi connectivity index (χ1) is 9.63. The summed E-state index contributed by atoms with van der Waals surface area (Å²) in [6, 6.07) is 8.54. The van der Waals surface area contributed by atoms with E-state index in [1.807, 2.05) is 12.3 Å². The zero-order valence-electron chi connectivity index (χ0n) is 11.2. The fourth-order valence-corrected chi connectivity index (χ4v) is 2.66. The number of benzene rings is 1. The number of nitrogens with one attached hydrogen (secondary N) is 1. The van der Waals surface area contributed by atoms with Gasteiger partial charge in [0.2, 0.25) is 0 Å². The number of rotatable bonds is 5. The zero-order valence-corrected chi connectivity index (χ0v) is 12.8. The van der Waals surface area contributed by atoms with Crippen LogP contribution in [0.25, 0.3) is 0 Å². The minimum Gasteiger partial charge on any atom is -0.271 e. The molecule has 2 rings (SSSR count). The molecule has 5 heteroatoms. The van der Waals surface area contributed by atoms with Crippen molar-refractivity contribution in [3.05, 3.63) is 63.6 Å². The number of hydrazine groups is 1. The lowest BCUT2D eigenvalue weighted by Crippen LogP contribution is -2.30. The standard InChI is InChI=1S/C15H17BrFN3/c1-2-10-3-5-12(19-9-10)8-15(20-18)13-6-4-11(17)7-14(13)16/h3-7,9,15,20H,2,8,18H2,1H3. The van der Waals surface area contributed by atoms with Crippen molar-refractivity contribution in [1.82, 2.24) is 10.4 Å². The number of halogens is 2. The fraction of sp³-hybridized carbons (Fsp3) is 0.267. The van der Waals surface area contributed by atoms with Crippen LogP contribution in [0.3, 0.4) is 0 Å². The predicted molar refractivity (Wildman–Crippen MR) is 81.5 cm³/mol. The molecule has 3 N–H and O–H groups in total. The van der Waals surface area contributed by atoms with Gasteiger partial charge in [-0.3, -0.25) is 16.3 Å². The number of nitrogens with two attached hydrogens (primary N) is 1. The van der Waals surface area contributed by atoms with Gasteiger partial charge in [0.05, 0.1) is 6.04 Å². The Balaban J connectivity index is 2.19. The minimum atomic E-state index is -0.276. The van der Waals surface area contributed by atoms with Gasteiger partial charge in [-0.1, -0.05) is 35.0 Å². The molecule has 106 valence electrons. The third kappa shape index (κ3) is 3.62. The van der Waals surface area contributed by atoms with Gasteiger partial charge < -0.3 is 0 Å². The first-order valence-electron chi connectivity index (χ1n) is 6.49. The average molecular weight is 338 g/mol. The lowest BCUT2D eigenvalue weighted by atomic mass is 10.0. The molecule has 1 aromatic heterocycles. The van der Waals surface area contributed by atoms with Gasteiger partial charge in [-0.2, -0.15) is 0 Å². The number of aryl methyl sites for hydroxylation is 1. The second kappa shape index (κ2) is 6.92. The highest BCUT2D eigenvalue weighted by molar-refractivity contribution is 9.10. The van der Waals surface area contributed by atoms with Crippen LogP contribution in [0.4, 0.5) is 4.39 Å². The number of hydrogen-bond donors (Lipinski definition) is 2. The lowest BCUT2D eigenvalue weighted by Gasteiger charge is -2.17. The summed E-state index contributed by atoms with van der Waals surface area (Å²) in [5.41, 5.74) is 5.82. The van der Waals surface area contributed by atoms with E-state index in [0.717, 1.165) is 17.7 Å². The fourth-order valence-electron chi connectivity index (χ4n) is 2.04. The van der Waals surface area contributed by atoms with Crippen LogP contribution < -0.4 is 11.3 Å². The van der Waals surface area contributed by atoms with Crippen molar-refractivity contribution < 1.29 is 4.39 Å². The normalized spacial score (nSPS) is 12.4. The molecule has 0 amide bonds. The molecule has 1 atom stereocenters. The highest BCUT2D eigenvalue weighted by atomic mass is 79.9. The molecule has 0 bridgehead atoms. The third-order valence-electron chi connectivity index (χ3n) is 3.25. The van der Waals surface area contributed by atoms with Crippen molar-refractivity contribution in [3.8, 4) is 0 Å². The van der Waals surface area contributed by atoms with E-state index in [1.165, 1.54) is 17.7 Å². The summed E-state index contributed by atoms with van der Waals surface area (Å²) in [5.74, 6) is 5.35. The van der Waals surface area contributed by atoms with Crippen molar-refractivity contribution in [3.63, 3.8) is 0 Å². The summed E-state index contributed by atoms with van der Waals surface area (Å²) < 4.78 is 13.8. The van der Waals surface area contributed by atoms with Crippen molar-refractivity contribution in [2.75, 3.05) is 0 Å². The Kier molecular flexibility index (Phi) is 5.23. The first kappa shape index (κ1) is 15.1. The highest BCUT2D eigenvalue weighted by Gasteiger charge is 2.15. The molecular weight excluding hydrogens is 321 g/mol. The van der Waals surface area contributed by atoms with Crippen molar-refractivity contribution in [2.45, 2.75) is 25.8 Å². The Morgan fingerprint density at radius 3 is 2.70 bits per heavy atom. The maximum absolute atomic E-state index is 13.1. The van der Waals surface area contributed by atoms with Crippen molar-refractivity contribution >= 4 is 15.9 Å². The summed E-state index contributed by atoms with van der Waals surface area (Å²) in [7, 11) is 0. The smallest absolute Gasteiger partial charge is 0.124 e. The van der Waals surface area contributed by atoms with E-state index < -0.39 is 0 Å². The van der Waals surface area contributed by atoms with Crippen LogP contribution in [-0.2, 0) is 12.8 Å². The molecule has 1 heterocycles. The van der Waals surface area contributed by atoms with Crippen LogP contribution in [0, 0.1) is 5.82 Å². The topological polar surface area (TPSA) is 50.9 Å². The molecule has 0 aliphatic carbocycles. The maximum atomic E-state index is 13.1. The zero-order chi connectivity index (χ0) is 14.5. The summed E-state index contributed by atoms with van der Waals surface area (Å²) in [5, 5.41) is 0. The third-order valence-corrected chi connectivity index (χ3v) is 3.93. The molecule has 0 saturated heterocycles. The molecule has 2 aromatic rings. The van der Waals surface area contributed by atoms with Crippen LogP contribution in [0.5, 0.6) is 0 Å². The van der Waals surface area contributed by atoms with Gasteiger partial charge in [0.25, 0.3) is 0 Å². The number of nitrogens with zero attached hydrogens (tertiary/aromatic N) is 1. The van der Waals surface area contributed by atoms with E-state index in [2.05, 4.69) is 39.3 Å². The summed E-state index contributed by atoms with van der Waals surface area (Å²) in [6.07, 6.45) is 3.49. The van der Waals surface area contributed by atoms with Crippen LogP contribution >= 0.6 is 15.9 Å². The Bertz CT molecular complexity index is 572. The highest BCUT2D eigenvalue weighted by Crippen LogP contribution is 2.26. The molecule has 0 aliphatic heterocycles. The number of pyridine rings is 1. The Hall–Kier alpha value is -1.30. The van der Waals surface area contributed by atoms with Gasteiger partial charge in [0, 0.05) is 22.8 Å². The van der Waals surface area contributed by atoms with E-state index in [4.69, 9.17) is 5.84 Å². The van der Waals surface area contributed by atoms with Gasteiger partial charge in [-0.05, 0) is 35.7 Å². The molecule has 1 aromatic carbocycles. The van der Waals surface area contributed by atoms with E-state index in [-0.39, 0.29) is 11.9 Å². The summed E-state index contributed by atoms with van der Waals surface area (Å²) in [4.78, 5) is 4.43. The second-order valence-corrected chi connectivity index (χ2v) is 5.45. The molecule has 0 fully saturated rings. The molecule has 1 unspecified atom stereocenters. The molecule has 0 radical (unpaired) electrons. The number of aromatic nitrogens is 1. The first-order valence-corrected chi connectivity index (χ1v) is 7.28. The van der Waals surface area contributed by atoms with Crippen molar-refractivity contribution in [2.24, 2.45) is 5.84 Å². The monoisotopic (exact) mass is 337 g/mol. The molecule has 3 nitrogen and oxygen atoms in total. The van der Waals surface area contributed by atoms with Gasteiger partial charge in [0.1, 0.15) is 5.82 Å². The molecule has 0 saturated carbocycles.